The Balaban J connectivity index is 0.000000211. The van der Waals surface area contributed by atoms with Gasteiger partial charge in [-0.1, -0.05) is 0 Å². The Kier molecular flexibility index (Phi) is 11.9. The van der Waals surface area contributed by atoms with Gasteiger partial charge in [-0.05, 0) is 179 Å². The highest BCUT2D eigenvalue weighted by atomic mass is 19.4. The average Bonchev–Trinajstić information content (AvgIpc) is 3.73. The molecule has 24 heteroatoms. The zero-order chi connectivity index (χ0) is 55.0. The van der Waals surface area contributed by atoms with Crippen molar-refractivity contribution in [1.82, 2.24) is 0 Å². The van der Waals surface area contributed by atoms with Crippen LogP contribution in [0.4, 0.5) is 105 Å². The van der Waals surface area contributed by atoms with E-state index >= 15 is 0 Å². The summed E-state index contributed by atoms with van der Waals surface area (Å²) < 4.78 is 334. The summed E-state index contributed by atoms with van der Waals surface area (Å²) in [4.78, 5) is 0. The number of rotatable bonds is 0. The predicted octanol–water partition coefficient (Wildman–Crippen LogP) is 19.6. The predicted molar refractivity (Wildman–Crippen MR) is 215 cm³/mol. The molecule has 0 N–H and O–H groups in total. The first kappa shape index (κ1) is 53.9. The Morgan fingerprint density at radius 1 is 0.208 bits per heavy atom. The lowest BCUT2D eigenvalue weighted by Gasteiger charge is -2.24. The minimum absolute atomic E-state index is 0.316. The maximum absolute atomic E-state index is 13.9. The van der Waals surface area contributed by atoms with E-state index in [1.54, 1.807) is 0 Å². The summed E-state index contributed by atoms with van der Waals surface area (Å²) in [5.41, 5.74) is -23.1. The molecule has 2 aliphatic rings. The van der Waals surface area contributed by atoms with Crippen LogP contribution in [0.5, 0.6) is 0 Å². The second-order valence-electron chi connectivity index (χ2n) is 17.4. The first-order valence-corrected chi connectivity index (χ1v) is 20.3. The fraction of sp³-hybridized carbons (Fsp3) is 0.333. The Morgan fingerprint density at radius 2 is 0.361 bits per heavy atom. The molecule has 0 spiro atoms. The lowest BCUT2D eigenvalue weighted by molar-refractivity contribution is -0.162. The number of benzene rings is 6. The maximum atomic E-state index is 13.9. The van der Waals surface area contributed by atoms with E-state index in [0.717, 1.165) is 55.4 Å². The Hall–Kier alpha value is -5.84. The van der Waals surface area contributed by atoms with Gasteiger partial charge in [0.2, 0.25) is 0 Å². The number of alkyl halides is 24. The molecule has 0 heterocycles. The summed E-state index contributed by atoms with van der Waals surface area (Å²) in [7, 11) is 0. The van der Waals surface area contributed by atoms with E-state index in [4.69, 9.17) is 0 Å². The number of aryl methyl sites for hydroxylation is 4. The monoisotopic (exact) mass is 1060 g/mol. The molecule has 0 saturated carbocycles. The van der Waals surface area contributed by atoms with Crippen molar-refractivity contribution in [3.05, 3.63) is 113 Å². The van der Waals surface area contributed by atoms with Crippen molar-refractivity contribution in [1.29, 1.82) is 0 Å². The quantitative estimate of drug-likeness (QED) is 0.133. The average molecular weight is 1060 g/mol. The van der Waals surface area contributed by atoms with Crippen LogP contribution in [-0.2, 0) is 49.4 Å². The molecule has 0 fully saturated rings. The third kappa shape index (κ3) is 8.06. The van der Waals surface area contributed by atoms with Gasteiger partial charge in [-0.2, -0.15) is 105 Å². The Labute approximate surface area is 389 Å². The highest BCUT2D eigenvalue weighted by molar-refractivity contribution is 6.22. The third-order valence-electron chi connectivity index (χ3n) is 13.0. The van der Waals surface area contributed by atoms with Gasteiger partial charge >= 0.3 is 49.4 Å². The molecule has 2 aliphatic carbocycles. The Bertz CT molecular complexity index is 2900. The highest BCUT2D eigenvalue weighted by Crippen LogP contribution is 2.63. The van der Waals surface area contributed by atoms with E-state index in [1.807, 2.05) is 0 Å². The molecule has 72 heavy (non-hydrogen) atoms. The van der Waals surface area contributed by atoms with Crippen molar-refractivity contribution < 1.29 is 105 Å². The first-order valence-electron chi connectivity index (χ1n) is 20.3. The highest BCUT2D eigenvalue weighted by Gasteiger charge is 2.52. The second kappa shape index (κ2) is 15.8. The van der Waals surface area contributed by atoms with E-state index in [9.17, 15) is 105 Å². The van der Waals surface area contributed by atoms with E-state index in [1.165, 1.54) is 0 Å². The van der Waals surface area contributed by atoms with E-state index in [2.05, 4.69) is 0 Å². The van der Waals surface area contributed by atoms with Gasteiger partial charge in [0.1, 0.15) is 0 Å². The minimum atomic E-state index is -5.51. The number of fused-ring (bicyclic) bond motifs is 6. The molecule has 0 radical (unpaired) electrons. The summed E-state index contributed by atoms with van der Waals surface area (Å²) in [5, 5.41) is -3.95. The first-order chi connectivity index (χ1) is 32.2. The number of hydrogen-bond acceptors (Lipinski definition) is 0. The van der Waals surface area contributed by atoms with Crippen LogP contribution in [0, 0.1) is 55.4 Å². The summed E-state index contributed by atoms with van der Waals surface area (Å²) in [5.74, 6) is 0. The lowest BCUT2D eigenvalue weighted by atomic mass is 9.84. The normalized spacial score (nSPS) is 14.1. The van der Waals surface area contributed by atoms with Crippen LogP contribution in [0.25, 0.3) is 66.1 Å². The fourth-order valence-electron chi connectivity index (χ4n) is 10.7. The Morgan fingerprint density at radius 3 is 0.486 bits per heavy atom. The smallest absolute Gasteiger partial charge is 0.166 e. The van der Waals surface area contributed by atoms with Crippen molar-refractivity contribution in [2.24, 2.45) is 0 Å². The molecule has 0 atom stereocenters. The van der Waals surface area contributed by atoms with Crippen molar-refractivity contribution in [2.75, 3.05) is 0 Å². The maximum Gasteiger partial charge on any atom is 0.417 e. The molecule has 0 saturated heterocycles. The summed E-state index contributed by atoms with van der Waals surface area (Å²) in [6.07, 6.45) is -43.2. The molecule has 0 bridgehead atoms. The van der Waals surface area contributed by atoms with Crippen LogP contribution in [0.1, 0.15) is 89.0 Å². The van der Waals surface area contributed by atoms with Crippen LogP contribution in [0.2, 0.25) is 0 Å². The minimum Gasteiger partial charge on any atom is -0.166 e. The van der Waals surface area contributed by atoms with E-state index in [0.29, 0.717) is 24.3 Å². The van der Waals surface area contributed by atoms with Gasteiger partial charge in [-0.25, -0.2) is 0 Å². The van der Waals surface area contributed by atoms with Crippen molar-refractivity contribution in [2.45, 2.75) is 105 Å². The zero-order valence-electron chi connectivity index (χ0n) is 37.4. The molecular weight excluding hydrogens is 1030 g/mol. The number of hydrogen-bond donors (Lipinski definition) is 0. The molecule has 8 rings (SSSR count). The summed E-state index contributed by atoms with van der Waals surface area (Å²) in [6.45, 7) is 7.24. The van der Waals surface area contributed by atoms with Gasteiger partial charge in [-0.15, -0.1) is 0 Å². The summed E-state index contributed by atoms with van der Waals surface area (Å²) in [6, 6.07) is 1.56. The van der Waals surface area contributed by atoms with Crippen molar-refractivity contribution >= 4 is 21.5 Å². The lowest BCUT2D eigenvalue weighted by Crippen LogP contribution is -2.21. The largest absolute Gasteiger partial charge is 0.417 e. The molecule has 0 aliphatic heterocycles. The van der Waals surface area contributed by atoms with Gasteiger partial charge in [-0.3, -0.25) is 0 Å². The van der Waals surface area contributed by atoms with Gasteiger partial charge in [0, 0.05) is 10.8 Å². The van der Waals surface area contributed by atoms with Crippen LogP contribution in [0.15, 0.2) is 24.3 Å². The molecule has 388 valence electrons. The topological polar surface area (TPSA) is 0 Å². The molecule has 0 nitrogen and oxygen atoms in total. The number of halogens is 24. The van der Waals surface area contributed by atoms with Crippen LogP contribution >= 0.6 is 0 Å². The zero-order valence-corrected chi connectivity index (χ0v) is 37.4. The third-order valence-corrected chi connectivity index (χ3v) is 13.0. The van der Waals surface area contributed by atoms with Crippen molar-refractivity contribution in [3.63, 3.8) is 0 Å². The SMILES string of the molecule is Cc1cc(C(F)(F)F)c2c(C(F)(F)F)cc(C)c3c2c1-c1c(C)c(C(F)(F)F)c(C(F)(F)F)c(C)c1-3.Cc1cc(C(F)(F)F)c2c(C(F)(F)F)cc(C)c3c2c1-c1c(C)c(C(F)(F)F)c(C(F)(F)F)c(C)c1-3. The second-order valence-corrected chi connectivity index (χ2v) is 17.4. The molecule has 6 aromatic rings. The van der Waals surface area contributed by atoms with Gasteiger partial charge in [0.25, 0.3) is 0 Å². The van der Waals surface area contributed by atoms with E-state index < -0.39 is 160 Å². The molecule has 6 aromatic carbocycles. The van der Waals surface area contributed by atoms with Gasteiger partial charge in [0.05, 0.1) is 44.5 Å². The molecule has 0 unspecified atom stereocenters. The molecule has 0 aromatic heterocycles. The standard InChI is InChI=1S/2C24H14F12/c2*1-7-5-11(21(25,26)27)17-12(22(28,29)30)6-8(2)14-16-10(4)20(24(34,35)36)19(23(31,32)33)9(3)15(16)13(7)18(14)17/h2*5-6H,1-4H3. The van der Waals surface area contributed by atoms with Gasteiger partial charge in [0.15, 0.2) is 0 Å². The summed E-state index contributed by atoms with van der Waals surface area (Å²) >= 11 is 0. The fourth-order valence-corrected chi connectivity index (χ4v) is 10.7. The van der Waals surface area contributed by atoms with Gasteiger partial charge < -0.3 is 0 Å². The van der Waals surface area contributed by atoms with Crippen LogP contribution in [0.3, 0.4) is 0 Å². The van der Waals surface area contributed by atoms with Crippen molar-refractivity contribution in [3.8, 4) is 44.5 Å². The molecule has 0 amide bonds. The van der Waals surface area contributed by atoms with Crippen LogP contribution in [-0.4, -0.2) is 0 Å². The van der Waals surface area contributed by atoms with Crippen LogP contribution < -0.4 is 0 Å². The van der Waals surface area contributed by atoms with E-state index in [-0.39, 0.29) is 44.5 Å². The molecular formula is C48H28F24.